The topological polar surface area (TPSA) is 44.4 Å². The Morgan fingerprint density at radius 2 is 2.13 bits per heavy atom. The molecule has 0 aromatic heterocycles. The van der Waals surface area contributed by atoms with E-state index in [9.17, 15) is 4.79 Å². The molecule has 2 N–H and O–H groups in total. The quantitative estimate of drug-likeness (QED) is 0.752. The van der Waals surface area contributed by atoms with Gasteiger partial charge in [-0.25, -0.2) is 0 Å². The van der Waals surface area contributed by atoms with E-state index >= 15 is 0 Å². The molecular formula is C18H29N3OS. The molecule has 0 bridgehead atoms. The second-order valence-corrected chi connectivity index (χ2v) is 7.15. The molecule has 4 nitrogen and oxygen atoms in total. The fourth-order valence-electron chi connectivity index (χ4n) is 3.09. The van der Waals surface area contributed by atoms with Crippen LogP contribution < -0.4 is 10.6 Å². The molecule has 1 aliphatic rings. The second kappa shape index (κ2) is 9.30. The van der Waals surface area contributed by atoms with Crippen LogP contribution in [0.3, 0.4) is 0 Å². The molecule has 1 saturated heterocycles. The van der Waals surface area contributed by atoms with Crippen LogP contribution in [0, 0.1) is 5.92 Å². The van der Waals surface area contributed by atoms with Gasteiger partial charge < -0.3 is 10.6 Å². The number of likely N-dealkylation sites (tertiary alicyclic amines) is 1. The number of thioether (sulfide) groups is 1. The summed E-state index contributed by atoms with van der Waals surface area (Å²) in [4.78, 5) is 16.0. The van der Waals surface area contributed by atoms with E-state index in [-0.39, 0.29) is 11.9 Å². The molecule has 5 heteroatoms. The molecule has 0 radical (unpaired) electrons. The number of rotatable bonds is 7. The van der Waals surface area contributed by atoms with Gasteiger partial charge in [0.1, 0.15) is 0 Å². The Morgan fingerprint density at radius 1 is 1.39 bits per heavy atom. The number of anilines is 1. The molecule has 1 aromatic carbocycles. The number of benzene rings is 1. The molecule has 1 aliphatic heterocycles. The summed E-state index contributed by atoms with van der Waals surface area (Å²) in [5, 5.41) is 6.28. The predicted molar refractivity (Wildman–Crippen MR) is 99.2 cm³/mol. The number of hydrogen-bond acceptors (Lipinski definition) is 4. The number of carbonyl (C=O) groups is 1. The van der Waals surface area contributed by atoms with Crippen LogP contribution in [0.15, 0.2) is 29.2 Å². The summed E-state index contributed by atoms with van der Waals surface area (Å²) in [7, 11) is 2.01. The molecule has 0 aliphatic carbocycles. The fraction of sp³-hybridized carbons (Fsp3) is 0.611. The Morgan fingerprint density at radius 3 is 2.78 bits per heavy atom. The van der Waals surface area contributed by atoms with Gasteiger partial charge >= 0.3 is 0 Å². The van der Waals surface area contributed by atoms with Crippen molar-refractivity contribution in [3.63, 3.8) is 0 Å². The molecular weight excluding hydrogens is 306 g/mol. The van der Waals surface area contributed by atoms with E-state index in [1.165, 1.54) is 24.2 Å². The van der Waals surface area contributed by atoms with Crippen LogP contribution >= 0.6 is 11.8 Å². The largest absolute Gasteiger partial charge is 0.325 e. The maximum atomic E-state index is 12.5. The van der Waals surface area contributed by atoms with Crippen LogP contribution in [0.4, 0.5) is 5.69 Å². The first-order valence-corrected chi connectivity index (χ1v) is 9.70. The number of nitrogens with one attached hydrogen (secondary N) is 2. The minimum Gasteiger partial charge on any atom is -0.325 e. The van der Waals surface area contributed by atoms with Crippen molar-refractivity contribution < 1.29 is 4.79 Å². The average molecular weight is 336 g/mol. The Labute approximate surface area is 144 Å². The molecule has 1 aromatic rings. The van der Waals surface area contributed by atoms with Crippen molar-refractivity contribution in [2.24, 2.45) is 5.92 Å². The molecule has 1 unspecified atom stereocenters. The zero-order chi connectivity index (χ0) is 16.7. The summed E-state index contributed by atoms with van der Waals surface area (Å²) in [6, 6.07) is 7.95. The summed E-state index contributed by atoms with van der Waals surface area (Å²) in [6.45, 7) is 5.15. The minimum absolute atomic E-state index is 0.0711. The van der Waals surface area contributed by atoms with Crippen molar-refractivity contribution in [1.82, 2.24) is 10.2 Å². The van der Waals surface area contributed by atoms with E-state index in [1.54, 1.807) is 11.8 Å². The Balaban J connectivity index is 1.83. The lowest BCUT2D eigenvalue weighted by Crippen LogP contribution is -2.46. The first kappa shape index (κ1) is 18.3. The van der Waals surface area contributed by atoms with E-state index in [1.807, 2.05) is 38.4 Å². The molecule has 1 fully saturated rings. The predicted octanol–water partition coefficient (Wildman–Crippen LogP) is 3.06. The lowest BCUT2D eigenvalue weighted by Gasteiger charge is -2.35. The van der Waals surface area contributed by atoms with Crippen molar-refractivity contribution >= 4 is 23.4 Å². The average Bonchev–Trinajstić information content (AvgIpc) is 2.60. The molecule has 23 heavy (non-hydrogen) atoms. The van der Waals surface area contributed by atoms with E-state index < -0.39 is 0 Å². The highest BCUT2D eigenvalue weighted by molar-refractivity contribution is 7.98. The van der Waals surface area contributed by atoms with Crippen LogP contribution in [0.1, 0.15) is 26.2 Å². The number of amides is 1. The van der Waals surface area contributed by atoms with Gasteiger partial charge in [0.15, 0.2) is 0 Å². The van der Waals surface area contributed by atoms with E-state index in [4.69, 9.17) is 0 Å². The smallest absolute Gasteiger partial charge is 0.241 e. The van der Waals surface area contributed by atoms with Gasteiger partial charge in [-0.05, 0) is 83.2 Å². The molecule has 1 heterocycles. The Hall–Kier alpha value is -1.04. The maximum absolute atomic E-state index is 12.5. The zero-order valence-corrected chi connectivity index (χ0v) is 15.3. The molecule has 128 valence electrons. The van der Waals surface area contributed by atoms with Crippen LogP contribution in [0.5, 0.6) is 0 Å². The van der Waals surface area contributed by atoms with Gasteiger partial charge in [-0.3, -0.25) is 9.69 Å². The van der Waals surface area contributed by atoms with Crippen molar-refractivity contribution in [1.29, 1.82) is 0 Å². The highest BCUT2D eigenvalue weighted by atomic mass is 32.2. The SMILES string of the molecule is CNCCC1CCN(C(C)C(=O)Nc2cccc(SC)c2)CC1. The highest BCUT2D eigenvalue weighted by Crippen LogP contribution is 2.23. The minimum atomic E-state index is -0.0711. The van der Waals surface area contributed by atoms with E-state index in [0.29, 0.717) is 0 Å². The fourth-order valence-corrected chi connectivity index (χ4v) is 3.55. The standard InChI is InChI=1S/C18H29N3OS/c1-14(21-11-8-15(9-12-21)7-10-19-2)18(22)20-16-5-4-6-17(13-16)23-3/h4-6,13-15,19H,7-12H2,1-3H3,(H,20,22). The van der Waals surface area contributed by atoms with Crippen LogP contribution in [-0.4, -0.2) is 49.8 Å². The molecule has 0 spiro atoms. The number of nitrogens with zero attached hydrogens (tertiary/aromatic N) is 1. The van der Waals surface area contributed by atoms with Gasteiger partial charge in [0.05, 0.1) is 6.04 Å². The van der Waals surface area contributed by atoms with E-state index in [2.05, 4.69) is 21.6 Å². The van der Waals surface area contributed by atoms with Gasteiger partial charge in [-0.1, -0.05) is 6.07 Å². The Kier molecular flexibility index (Phi) is 7.40. The van der Waals surface area contributed by atoms with Gasteiger partial charge in [0, 0.05) is 10.6 Å². The summed E-state index contributed by atoms with van der Waals surface area (Å²) in [5.41, 5.74) is 0.887. The van der Waals surface area contributed by atoms with Gasteiger partial charge in [0.2, 0.25) is 5.91 Å². The summed E-state index contributed by atoms with van der Waals surface area (Å²) in [6.07, 6.45) is 5.68. The highest BCUT2D eigenvalue weighted by Gasteiger charge is 2.26. The first-order valence-electron chi connectivity index (χ1n) is 8.47. The third-order valence-corrected chi connectivity index (χ3v) is 5.44. The summed E-state index contributed by atoms with van der Waals surface area (Å²) in [5.74, 6) is 0.893. The summed E-state index contributed by atoms with van der Waals surface area (Å²) < 4.78 is 0. The third kappa shape index (κ3) is 5.52. The van der Waals surface area contributed by atoms with Crippen molar-refractivity contribution in [3.8, 4) is 0 Å². The van der Waals surface area contributed by atoms with Crippen LogP contribution in [0.25, 0.3) is 0 Å². The first-order chi connectivity index (χ1) is 11.1. The number of carbonyl (C=O) groups excluding carboxylic acids is 1. The van der Waals surface area contributed by atoms with Crippen molar-refractivity contribution in [3.05, 3.63) is 24.3 Å². The van der Waals surface area contributed by atoms with Crippen LogP contribution in [-0.2, 0) is 4.79 Å². The monoisotopic (exact) mass is 335 g/mol. The molecule has 1 amide bonds. The normalized spacial score (nSPS) is 17.9. The second-order valence-electron chi connectivity index (χ2n) is 6.27. The van der Waals surface area contributed by atoms with E-state index in [0.717, 1.165) is 31.2 Å². The maximum Gasteiger partial charge on any atom is 0.241 e. The lowest BCUT2D eigenvalue weighted by atomic mass is 9.93. The molecule has 2 rings (SSSR count). The number of piperidine rings is 1. The third-order valence-electron chi connectivity index (χ3n) is 4.72. The lowest BCUT2D eigenvalue weighted by molar-refractivity contribution is -0.121. The zero-order valence-electron chi connectivity index (χ0n) is 14.5. The molecule has 0 saturated carbocycles. The summed E-state index contributed by atoms with van der Waals surface area (Å²) >= 11 is 1.69. The number of hydrogen-bond donors (Lipinski definition) is 2. The van der Waals surface area contributed by atoms with Gasteiger partial charge in [0.25, 0.3) is 0 Å². The van der Waals surface area contributed by atoms with Gasteiger partial charge in [-0.2, -0.15) is 0 Å². The van der Waals surface area contributed by atoms with Crippen LogP contribution in [0.2, 0.25) is 0 Å². The Bertz CT molecular complexity index is 501. The molecule has 1 atom stereocenters. The van der Waals surface area contributed by atoms with Crippen molar-refractivity contribution in [2.45, 2.75) is 37.1 Å². The van der Waals surface area contributed by atoms with Crippen molar-refractivity contribution in [2.75, 3.05) is 38.3 Å². The van der Waals surface area contributed by atoms with Gasteiger partial charge in [-0.15, -0.1) is 11.8 Å².